The molecule has 0 bridgehead atoms. The fourth-order valence-electron chi connectivity index (χ4n) is 3.04. The number of rotatable bonds is 3. The highest BCUT2D eigenvalue weighted by Crippen LogP contribution is 2.32. The van der Waals surface area contributed by atoms with Gasteiger partial charge in [-0.15, -0.1) is 0 Å². The van der Waals surface area contributed by atoms with Crippen LogP contribution in [0.4, 0.5) is 17.6 Å². The Bertz CT molecular complexity index is 1110. The molecule has 0 saturated heterocycles. The molecule has 3 aromatic rings. The van der Waals surface area contributed by atoms with Crippen molar-refractivity contribution in [2.24, 2.45) is 0 Å². The van der Waals surface area contributed by atoms with Crippen molar-refractivity contribution in [2.45, 2.75) is 19.1 Å². The molecule has 4 nitrogen and oxygen atoms in total. The van der Waals surface area contributed by atoms with Crippen molar-refractivity contribution < 1.29 is 22.4 Å². The molecular formula is C20H16F4N2O2. The lowest BCUT2D eigenvalue weighted by molar-refractivity contribution is -0.140. The van der Waals surface area contributed by atoms with E-state index in [-0.39, 0.29) is 11.1 Å². The van der Waals surface area contributed by atoms with Gasteiger partial charge in [0, 0.05) is 24.2 Å². The van der Waals surface area contributed by atoms with Crippen molar-refractivity contribution in [3.8, 4) is 0 Å². The summed E-state index contributed by atoms with van der Waals surface area (Å²) in [6.45, 7) is 1.71. The number of pyridine rings is 1. The van der Waals surface area contributed by atoms with E-state index in [1.807, 2.05) is 0 Å². The summed E-state index contributed by atoms with van der Waals surface area (Å²) in [5.74, 6) is -2.15. The van der Waals surface area contributed by atoms with Crippen LogP contribution < -0.4 is 5.56 Å². The van der Waals surface area contributed by atoms with Gasteiger partial charge in [0.15, 0.2) is 0 Å². The molecule has 146 valence electrons. The number of fused-ring (bicyclic) bond motifs is 1. The minimum Gasteiger partial charge on any atom is -0.335 e. The van der Waals surface area contributed by atoms with Gasteiger partial charge < -0.3 is 9.88 Å². The number of halogens is 4. The number of aromatic amines is 1. The van der Waals surface area contributed by atoms with Crippen LogP contribution in [0.5, 0.6) is 0 Å². The summed E-state index contributed by atoms with van der Waals surface area (Å²) in [5, 5.41) is 1.10. The first-order chi connectivity index (χ1) is 13.1. The third kappa shape index (κ3) is 3.49. The van der Waals surface area contributed by atoms with Crippen LogP contribution in [0.2, 0.25) is 0 Å². The van der Waals surface area contributed by atoms with Crippen LogP contribution in [-0.4, -0.2) is 22.8 Å². The summed E-state index contributed by atoms with van der Waals surface area (Å²) in [4.78, 5) is 28.5. The summed E-state index contributed by atoms with van der Waals surface area (Å²) in [5.41, 5.74) is -1.25. The quantitative estimate of drug-likeness (QED) is 0.667. The largest absolute Gasteiger partial charge is 0.419 e. The number of nitrogens with one attached hydrogen (secondary N) is 1. The minimum absolute atomic E-state index is 0.200. The zero-order chi connectivity index (χ0) is 20.6. The molecule has 1 N–H and O–H groups in total. The Hall–Kier alpha value is -3.16. The van der Waals surface area contributed by atoms with Crippen molar-refractivity contribution in [3.05, 3.63) is 81.5 Å². The molecule has 0 aliphatic carbocycles. The van der Waals surface area contributed by atoms with Gasteiger partial charge >= 0.3 is 6.18 Å². The predicted molar refractivity (Wildman–Crippen MR) is 96.5 cm³/mol. The van der Waals surface area contributed by atoms with E-state index in [2.05, 4.69) is 4.98 Å². The van der Waals surface area contributed by atoms with Gasteiger partial charge in [0.2, 0.25) is 0 Å². The normalized spacial score (nSPS) is 12.8. The molecular weight excluding hydrogens is 376 g/mol. The van der Waals surface area contributed by atoms with Crippen LogP contribution in [0.15, 0.2) is 53.5 Å². The summed E-state index contributed by atoms with van der Waals surface area (Å²) < 4.78 is 51.9. The highest BCUT2D eigenvalue weighted by Gasteiger charge is 2.34. The molecule has 2 aromatic carbocycles. The van der Waals surface area contributed by atoms with E-state index in [0.717, 1.165) is 6.07 Å². The molecule has 0 saturated carbocycles. The molecule has 0 fully saturated rings. The lowest BCUT2D eigenvalue weighted by atomic mass is 10.0. The van der Waals surface area contributed by atoms with Crippen LogP contribution >= 0.6 is 0 Å². The Balaban J connectivity index is 1.95. The van der Waals surface area contributed by atoms with Crippen molar-refractivity contribution in [3.63, 3.8) is 0 Å². The van der Waals surface area contributed by atoms with E-state index in [1.54, 1.807) is 31.2 Å². The summed E-state index contributed by atoms with van der Waals surface area (Å²) >= 11 is 0. The average Bonchev–Trinajstić information content (AvgIpc) is 2.65. The number of H-pyrrole nitrogens is 1. The van der Waals surface area contributed by atoms with Gasteiger partial charge in [0.05, 0.1) is 11.6 Å². The van der Waals surface area contributed by atoms with Crippen molar-refractivity contribution in [2.75, 3.05) is 7.05 Å². The zero-order valence-electron chi connectivity index (χ0n) is 15.0. The molecule has 8 heteroatoms. The van der Waals surface area contributed by atoms with Gasteiger partial charge in [0.25, 0.3) is 11.5 Å². The number of alkyl halides is 3. The molecule has 0 aliphatic heterocycles. The first kappa shape index (κ1) is 19.6. The highest BCUT2D eigenvalue weighted by atomic mass is 19.4. The van der Waals surface area contributed by atoms with Gasteiger partial charge in [-0.25, -0.2) is 4.39 Å². The maximum Gasteiger partial charge on any atom is 0.419 e. The number of carbonyl (C=O) groups excluding carboxylic acids is 1. The number of nitrogens with zero attached hydrogens (tertiary/aromatic N) is 1. The number of aromatic nitrogens is 1. The summed E-state index contributed by atoms with van der Waals surface area (Å²) in [6.07, 6.45) is -3.34. The topological polar surface area (TPSA) is 53.2 Å². The van der Waals surface area contributed by atoms with Crippen LogP contribution in [0.3, 0.4) is 0 Å². The van der Waals surface area contributed by atoms with Crippen molar-refractivity contribution >= 4 is 16.7 Å². The number of hydrogen-bond acceptors (Lipinski definition) is 2. The monoisotopic (exact) mass is 392 g/mol. The number of carbonyl (C=O) groups is 1. The molecule has 1 amide bonds. The second kappa shape index (κ2) is 7.10. The van der Waals surface area contributed by atoms with Gasteiger partial charge in [-0.2, -0.15) is 13.2 Å². The second-order valence-electron chi connectivity index (χ2n) is 6.40. The summed E-state index contributed by atoms with van der Waals surface area (Å²) in [6, 6.07) is 8.42. The Morgan fingerprint density at radius 1 is 1.11 bits per heavy atom. The average molecular weight is 392 g/mol. The second-order valence-corrected chi connectivity index (χ2v) is 6.40. The van der Waals surface area contributed by atoms with Crippen molar-refractivity contribution in [1.82, 2.24) is 9.88 Å². The minimum atomic E-state index is -4.83. The fraction of sp³-hybridized carbons (Fsp3) is 0.200. The van der Waals surface area contributed by atoms with E-state index >= 15 is 0 Å². The number of benzene rings is 2. The van der Waals surface area contributed by atoms with Crippen LogP contribution in [-0.2, 0) is 6.18 Å². The van der Waals surface area contributed by atoms with Crippen LogP contribution in [0, 0.1) is 5.82 Å². The SMILES string of the molecule is C[C@@H](c1c[nH]c(=O)c2ccccc12)N(C)C(=O)c1ccc(C(F)(F)F)c(F)c1. The zero-order valence-corrected chi connectivity index (χ0v) is 15.0. The van der Waals surface area contributed by atoms with Gasteiger partial charge in [0.1, 0.15) is 5.82 Å². The third-order valence-corrected chi connectivity index (χ3v) is 4.71. The lowest BCUT2D eigenvalue weighted by Gasteiger charge is -2.26. The Morgan fingerprint density at radius 2 is 1.75 bits per heavy atom. The molecule has 0 unspecified atom stereocenters. The standard InChI is InChI=1S/C20H16F4N2O2/c1-11(15-10-25-18(27)14-6-4-3-5-13(14)15)26(2)19(28)12-7-8-16(17(21)9-12)20(22,23)24/h3-11H,1-2H3,(H,25,27)/t11-/m0/s1. The van der Waals surface area contributed by atoms with Gasteiger partial charge in [-0.3, -0.25) is 9.59 Å². The van der Waals surface area contributed by atoms with Gasteiger partial charge in [-0.05, 0) is 42.1 Å². The van der Waals surface area contributed by atoms with E-state index in [1.165, 1.54) is 18.1 Å². The maximum absolute atomic E-state index is 13.8. The summed E-state index contributed by atoms with van der Waals surface area (Å²) in [7, 11) is 1.46. The van der Waals surface area contributed by atoms with Gasteiger partial charge in [-0.1, -0.05) is 18.2 Å². The number of hydrogen-bond donors (Lipinski definition) is 1. The molecule has 1 aromatic heterocycles. The van der Waals surface area contributed by atoms with Crippen LogP contribution in [0.25, 0.3) is 10.8 Å². The maximum atomic E-state index is 13.8. The fourth-order valence-corrected chi connectivity index (χ4v) is 3.04. The first-order valence-corrected chi connectivity index (χ1v) is 8.35. The predicted octanol–water partition coefficient (Wildman–Crippen LogP) is 4.52. The highest BCUT2D eigenvalue weighted by molar-refractivity contribution is 5.95. The first-order valence-electron chi connectivity index (χ1n) is 8.35. The van der Waals surface area contributed by atoms with E-state index < -0.39 is 29.5 Å². The Kier molecular flexibility index (Phi) is 4.97. The molecule has 0 aliphatic rings. The smallest absolute Gasteiger partial charge is 0.335 e. The molecule has 1 heterocycles. The molecule has 1 atom stereocenters. The molecule has 28 heavy (non-hydrogen) atoms. The van der Waals surface area contributed by atoms with Crippen molar-refractivity contribution in [1.29, 1.82) is 0 Å². The Labute approximate surface area is 157 Å². The molecule has 0 spiro atoms. The number of amides is 1. The lowest BCUT2D eigenvalue weighted by Crippen LogP contribution is -2.30. The van der Waals surface area contributed by atoms with E-state index in [4.69, 9.17) is 0 Å². The Morgan fingerprint density at radius 3 is 2.36 bits per heavy atom. The molecule has 0 radical (unpaired) electrons. The van der Waals surface area contributed by atoms with E-state index in [9.17, 15) is 27.2 Å². The van der Waals surface area contributed by atoms with E-state index in [0.29, 0.717) is 28.5 Å². The molecule has 3 rings (SSSR count). The third-order valence-electron chi connectivity index (χ3n) is 4.71. The van der Waals surface area contributed by atoms with Crippen LogP contribution in [0.1, 0.15) is 34.5 Å².